The lowest BCUT2D eigenvalue weighted by Crippen LogP contribution is -2.53. The quantitative estimate of drug-likeness (QED) is 0.645. The van der Waals surface area contributed by atoms with E-state index >= 15 is 0 Å². The Morgan fingerprint density at radius 2 is 1.76 bits per heavy atom. The molecule has 1 atom stereocenters. The first-order valence-electron chi connectivity index (χ1n) is 10.6. The fourth-order valence-corrected chi connectivity index (χ4v) is 4.49. The van der Waals surface area contributed by atoms with E-state index in [4.69, 9.17) is 0 Å². The van der Waals surface area contributed by atoms with E-state index in [1.54, 1.807) is 18.2 Å². The summed E-state index contributed by atoms with van der Waals surface area (Å²) >= 11 is 0. The van der Waals surface area contributed by atoms with E-state index in [0.29, 0.717) is 5.56 Å². The van der Waals surface area contributed by atoms with Crippen LogP contribution in [-0.4, -0.2) is 65.0 Å². The van der Waals surface area contributed by atoms with Gasteiger partial charge in [-0.3, -0.25) is 24.1 Å². The van der Waals surface area contributed by atoms with Gasteiger partial charge in [-0.15, -0.1) is 0 Å². The maximum absolute atomic E-state index is 14.7. The lowest BCUT2D eigenvalue weighted by atomic mass is 9.75. The molecule has 0 saturated carbocycles. The van der Waals surface area contributed by atoms with Crippen LogP contribution in [0.15, 0.2) is 48.5 Å². The number of amides is 4. The molecule has 2 aliphatic rings. The molecular weight excluding hydrogens is 432 g/mol. The highest BCUT2D eigenvalue weighted by Crippen LogP contribution is 2.41. The second-order valence-electron chi connectivity index (χ2n) is 8.43. The summed E-state index contributed by atoms with van der Waals surface area (Å²) in [6.45, 7) is 0.459. The molecular formula is C24H23F2N3O4. The maximum atomic E-state index is 14.7. The van der Waals surface area contributed by atoms with Crippen molar-refractivity contribution in [2.75, 3.05) is 26.7 Å². The Morgan fingerprint density at radius 3 is 2.39 bits per heavy atom. The van der Waals surface area contributed by atoms with Crippen molar-refractivity contribution in [1.29, 1.82) is 0 Å². The van der Waals surface area contributed by atoms with E-state index in [1.165, 1.54) is 47.2 Å². The predicted octanol–water partition coefficient (Wildman–Crippen LogP) is 1.85. The minimum atomic E-state index is -1.64. The number of rotatable bonds is 5. The number of piperazine rings is 1. The van der Waals surface area contributed by atoms with Gasteiger partial charge in [-0.25, -0.2) is 8.78 Å². The van der Waals surface area contributed by atoms with Crippen LogP contribution in [0.2, 0.25) is 0 Å². The summed E-state index contributed by atoms with van der Waals surface area (Å²) in [5.74, 6) is -3.02. The lowest BCUT2D eigenvalue weighted by molar-refractivity contribution is -0.147. The van der Waals surface area contributed by atoms with Crippen molar-refractivity contribution in [2.24, 2.45) is 0 Å². The Balaban J connectivity index is 1.51. The zero-order valence-electron chi connectivity index (χ0n) is 18.1. The summed E-state index contributed by atoms with van der Waals surface area (Å²) in [6.07, 6.45) is -0.734. The molecule has 33 heavy (non-hydrogen) atoms. The highest BCUT2D eigenvalue weighted by Gasteiger charge is 2.54. The summed E-state index contributed by atoms with van der Waals surface area (Å²) in [7, 11) is 1.31. The molecule has 0 N–H and O–H groups in total. The van der Waals surface area contributed by atoms with Crippen LogP contribution < -0.4 is 0 Å². The van der Waals surface area contributed by atoms with Crippen LogP contribution in [0.5, 0.6) is 0 Å². The molecule has 7 nitrogen and oxygen atoms in total. The van der Waals surface area contributed by atoms with Gasteiger partial charge in [0.25, 0.3) is 0 Å². The van der Waals surface area contributed by atoms with E-state index in [-0.39, 0.29) is 44.1 Å². The molecule has 0 spiro atoms. The standard InChI is InChI=1S/C24H23F2N3O4/c1-27-20(30)12-24(23(27)33,18-7-2-3-8-19(18)26)13-21(31)29-10-9-28(22(32)15-29)14-16-5-4-6-17(25)11-16/h2-8,11H,9-10,12-15H2,1H3. The van der Waals surface area contributed by atoms with Gasteiger partial charge in [0.15, 0.2) is 0 Å². The molecule has 2 aromatic carbocycles. The number of nitrogens with zero attached hydrogens (tertiary/aromatic N) is 3. The molecule has 0 aliphatic carbocycles. The Bertz CT molecular complexity index is 1140. The van der Waals surface area contributed by atoms with E-state index in [9.17, 15) is 28.0 Å². The molecule has 0 bridgehead atoms. The number of carbonyl (C=O) groups is 4. The Kier molecular flexibility index (Phi) is 5.97. The lowest BCUT2D eigenvalue weighted by Gasteiger charge is -2.36. The number of likely N-dealkylation sites (N-methyl/N-ethyl adjacent to an activating group) is 1. The van der Waals surface area contributed by atoms with Gasteiger partial charge >= 0.3 is 0 Å². The van der Waals surface area contributed by atoms with E-state index in [1.807, 2.05) is 0 Å². The van der Waals surface area contributed by atoms with Crippen molar-refractivity contribution < 1.29 is 28.0 Å². The molecule has 9 heteroatoms. The van der Waals surface area contributed by atoms with E-state index in [2.05, 4.69) is 0 Å². The van der Waals surface area contributed by atoms with Crippen molar-refractivity contribution in [3.8, 4) is 0 Å². The molecule has 172 valence electrons. The molecule has 2 fully saturated rings. The number of likely N-dealkylation sites (tertiary alicyclic amines) is 1. The smallest absolute Gasteiger partial charge is 0.242 e. The average molecular weight is 455 g/mol. The molecule has 2 aromatic rings. The summed E-state index contributed by atoms with van der Waals surface area (Å²) in [5.41, 5.74) is -1.01. The van der Waals surface area contributed by atoms with E-state index in [0.717, 1.165) is 4.90 Å². The molecule has 0 radical (unpaired) electrons. The van der Waals surface area contributed by atoms with Crippen molar-refractivity contribution in [3.63, 3.8) is 0 Å². The average Bonchev–Trinajstić information content (AvgIpc) is 2.99. The zero-order valence-corrected chi connectivity index (χ0v) is 18.1. The van der Waals surface area contributed by atoms with Gasteiger partial charge in [-0.1, -0.05) is 30.3 Å². The number of hydrogen-bond acceptors (Lipinski definition) is 4. The topological polar surface area (TPSA) is 78.0 Å². The summed E-state index contributed by atoms with van der Waals surface area (Å²) in [6, 6.07) is 11.6. The first-order chi connectivity index (χ1) is 15.7. The third-order valence-corrected chi connectivity index (χ3v) is 6.32. The molecule has 2 saturated heterocycles. The fraction of sp³-hybridized carbons (Fsp3) is 0.333. The highest BCUT2D eigenvalue weighted by molar-refractivity contribution is 6.10. The third-order valence-electron chi connectivity index (χ3n) is 6.32. The van der Waals surface area contributed by atoms with Crippen molar-refractivity contribution in [1.82, 2.24) is 14.7 Å². The van der Waals surface area contributed by atoms with Crippen molar-refractivity contribution >= 4 is 23.6 Å². The maximum Gasteiger partial charge on any atom is 0.242 e. The SMILES string of the molecule is CN1C(=O)CC(CC(=O)N2CCN(Cc3cccc(F)c3)C(=O)C2)(c2ccccc2F)C1=O. The van der Waals surface area contributed by atoms with Gasteiger partial charge in [0.2, 0.25) is 23.6 Å². The highest BCUT2D eigenvalue weighted by atomic mass is 19.1. The van der Waals surface area contributed by atoms with Crippen LogP contribution in [0, 0.1) is 11.6 Å². The zero-order chi connectivity index (χ0) is 23.8. The third kappa shape index (κ3) is 4.22. The van der Waals surface area contributed by atoms with E-state index < -0.39 is 41.2 Å². The number of benzene rings is 2. The van der Waals surface area contributed by atoms with Gasteiger partial charge in [0.05, 0.1) is 12.0 Å². The van der Waals surface area contributed by atoms with Gasteiger partial charge in [-0.05, 0) is 23.8 Å². The molecule has 4 rings (SSSR count). The Hall–Kier alpha value is -3.62. The Labute approximate surface area is 189 Å². The largest absolute Gasteiger partial charge is 0.335 e. The van der Waals surface area contributed by atoms with Gasteiger partial charge in [-0.2, -0.15) is 0 Å². The molecule has 4 amide bonds. The van der Waals surface area contributed by atoms with Crippen LogP contribution >= 0.6 is 0 Å². The molecule has 0 aromatic heterocycles. The fourth-order valence-electron chi connectivity index (χ4n) is 4.49. The first-order valence-corrected chi connectivity index (χ1v) is 10.6. The monoisotopic (exact) mass is 455 g/mol. The number of imide groups is 1. The predicted molar refractivity (Wildman–Crippen MR) is 113 cm³/mol. The van der Waals surface area contributed by atoms with Crippen LogP contribution in [0.25, 0.3) is 0 Å². The number of halogens is 2. The first kappa shape index (κ1) is 22.6. The summed E-state index contributed by atoms with van der Waals surface area (Å²) in [5, 5.41) is 0. The second-order valence-corrected chi connectivity index (χ2v) is 8.43. The summed E-state index contributed by atoms with van der Waals surface area (Å²) in [4.78, 5) is 54.9. The molecule has 2 aliphatic heterocycles. The summed E-state index contributed by atoms with van der Waals surface area (Å²) < 4.78 is 28.1. The van der Waals surface area contributed by atoms with Crippen LogP contribution in [0.4, 0.5) is 8.78 Å². The minimum Gasteiger partial charge on any atom is -0.335 e. The van der Waals surface area contributed by atoms with Gasteiger partial charge < -0.3 is 9.80 Å². The normalized spacial score (nSPS) is 21.2. The van der Waals surface area contributed by atoms with Crippen molar-refractivity contribution in [3.05, 3.63) is 71.3 Å². The molecule has 2 heterocycles. The number of carbonyl (C=O) groups excluding carboxylic acids is 4. The Morgan fingerprint density at radius 1 is 1.00 bits per heavy atom. The molecule has 1 unspecified atom stereocenters. The van der Waals surface area contributed by atoms with Crippen LogP contribution in [0.1, 0.15) is 24.0 Å². The van der Waals surface area contributed by atoms with Crippen molar-refractivity contribution in [2.45, 2.75) is 24.8 Å². The van der Waals surface area contributed by atoms with Crippen LogP contribution in [-0.2, 0) is 31.1 Å². The second kappa shape index (κ2) is 8.73. The minimum absolute atomic E-state index is 0.00267. The van der Waals surface area contributed by atoms with Crippen LogP contribution in [0.3, 0.4) is 0 Å². The van der Waals surface area contributed by atoms with Gasteiger partial charge in [0.1, 0.15) is 11.6 Å². The number of hydrogen-bond donors (Lipinski definition) is 0. The van der Waals surface area contributed by atoms with Gasteiger partial charge in [0, 0.05) is 45.1 Å².